The van der Waals surface area contributed by atoms with Gasteiger partial charge in [0.2, 0.25) is 5.91 Å². The highest BCUT2D eigenvalue weighted by Crippen LogP contribution is 2.37. The van der Waals surface area contributed by atoms with E-state index >= 15 is 0 Å². The van der Waals surface area contributed by atoms with Gasteiger partial charge in [0.1, 0.15) is 11.8 Å². The molecule has 2 aromatic rings. The molecule has 5 nitrogen and oxygen atoms in total. The van der Waals surface area contributed by atoms with Crippen LogP contribution in [0.2, 0.25) is 0 Å². The van der Waals surface area contributed by atoms with Gasteiger partial charge in [-0.15, -0.1) is 0 Å². The molecule has 1 aliphatic heterocycles. The van der Waals surface area contributed by atoms with Gasteiger partial charge in [-0.25, -0.2) is 0 Å². The molecule has 0 radical (unpaired) electrons. The van der Waals surface area contributed by atoms with Gasteiger partial charge in [-0.3, -0.25) is 9.59 Å². The van der Waals surface area contributed by atoms with Crippen molar-refractivity contribution in [2.24, 2.45) is 0 Å². The molecule has 1 saturated carbocycles. The molecule has 2 aromatic carbocycles. The number of carbonyl (C=O) groups is 2. The third-order valence-corrected chi connectivity index (χ3v) is 6.08. The molecule has 2 aliphatic rings. The first-order valence-electron chi connectivity index (χ1n) is 9.61. The van der Waals surface area contributed by atoms with Crippen molar-refractivity contribution in [3.05, 3.63) is 63.6 Å². The van der Waals surface area contributed by atoms with E-state index in [-0.39, 0.29) is 17.9 Å². The second-order valence-corrected chi connectivity index (χ2v) is 8.28. The number of fused-ring (bicyclic) bond motifs is 1. The highest BCUT2D eigenvalue weighted by molar-refractivity contribution is 9.10. The normalized spacial score (nSPS) is 19.0. The van der Waals surface area contributed by atoms with Crippen molar-refractivity contribution in [2.75, 3.05) is 7.11 Å². The van der Waals surface area contributed by atoms with Crippen LogP contribution >= 0.6 is 15.9 Å². The SMILES string of the molecule is COc1ccc(Br)cc1CN1C(=O)c2ccccc2C1C(=O)NC1CCCC1. The molecular formula is C22H23BrN2O3. The number of methoxy groups -OCH3 is 1. The van der Waals surface area contributed by atoms with E-state index in [2.05, 4.69) is 21.2 Å². The number of benzene rings is 2. The average molecular weight is 443 g/mol. The Morgan fingerprint density at radius 3 is 2.71 bits per heavy atom. The molecule has 4 rings (SSSR count). The van der Waals surface area contributed by atoms with E-state index in [1.54, 1.807) is 18.1 Å². The van der Waals surface area contributed by atoms with Crippen molar-refractivity contribution in [2.45, 2.75) is 44.3 Å². The number of hydrogen-bond donors (Lipinski definition) is 1. The number of ether oxygens (including phenoxy) is 1. The topological polar surface area (TPSA) is 58.6 Å². The van der Waals surface area contributed by atoms with E-state index in [0.717, 1.165) is 41.3 Å². The summed E-state index contributed by atoms with van der Waals surface area (Å²) in [5, 5.41) is 3.16. The fourth-order valence-electron chi connectivity index (χ4n) is 4.22. The predicted molar refractivity (Wildman–Crippen MR) is 110 cm³/mol. The van der Waals surface area contributed by atoms with Crippen molar-refractivity contribution in [3.8, 4) is 5.75 Å². The van der Waals surface area contributed by atoms with Crippen molar-refractivity contribution in [1.29, 1.82) is 0 Å². The smallest absolute Gasteiger partial charge is 0.255 e. The molecule has 1 unspecified atom stereocenters. The lowest BCUT2D eigenvalue weighted by molar-refractivity contribution is -0.126. The Bertz CT molecular complexity index is 908. The minimum Gasteiger partial charge on any atom is -0.496 e. The summed E-state index contributed by atoms with van der Waals surface area (Å²) < 4.78 is 6.37. The van der Waals surface area contributed by atoms with Gasteiger partial charge in [-0.05, 0) is 42.7 Å². The van der Waals surface area contributed by atoms with Gasteiger partial charge in [0.15, 0.2) is 0 Å². The van der Waals surface area contributed by atoms with Gasteiger partial charge < -0.3 is 15.0 Å². The molecule has 0 spiro atoms. The second-order valence-electron chi connectivity index (χ2n) is 7.37. The molecule has 1 atom stereocenters. The monoisotopic (exact) mass is 442 g/mol. The van der Waals surface area contributed by atoms with Crippen LogP contribution in [0.25, 0.3) is 0 Å². The molecule has 6 heteroatoms. The van der Waals surface area contributed by atoms with Crippen LogP contribution in [0.15, 0.2) is 46.9 Å². The van der Waals surface area contributed by atoms with E-state index in [4.69, 9.17) is 4.74 Å². The Morgan fingerprint density at radius 2 is 1.96 bits per heavy atom. The first-order valence-corrected chi connectivity index (χ1v) is 10.4. The summed E-state index contributed by atoms with van der Waals surface area (Å²) in [5.41, 5.74) is 2.23. The first-order chi connectivity index (χ1) is 13.6. The summed E-state index contributed by atoms with van der Waals surface area (Å²) in [4.78, 5) is 28.0. The van der Waals surface area contributed by atoms with Crippen LogP contribution in [-0.4, -0.2) is 29.9 Å². The molecule has 1 aliphatic carbocycles. The zero-order valence-corrected chi connectivity index (χ0v) is 17.4. The minimum absolute atomic E-state index is 0.0980. The molecule has 0 bridgehead atoms. The zero-order chi connectivity index (χ0) is 19.7. The van der Waals surface area contributed by atoms with Crippen LogP contribution in [0.1, 0.15) is 53.2 Å². The van der Waals surface area contributed by atoms with E-state index < -0.39 is 6.04 Å². The number of hydrogen-bond acceptors (Lipinski definition) is 3. The molecule has 0 aromatic heterocycles. The minimum atomic E-state index is -0.618. The van der Waals surface area contributed by atoms with Gasteiger partial charge in [0.05, 0.1) is 13.7 Å². The number of amides is 2. The van der Waals surface area contributed by atoms with Crippen molar-refractivity contribution in [1.82, 2.24) is 10.2 Å². The van der Waals surface area contributed by atoms with Crippen LogP contribution in [0, 0.1) is 0 Å². The Kier molecular flexibility index (Phi) is 5.40. The molecule has 28 heavy (non-hydrogen) atoms. The van der Waals surface area contributed by atoms with E-state index in [1.807, 2.05) is 36.4 Å². The highest BCUT2D eigenvalue weighted by atomic mass is 79.9. The van der Waals surface area contributed by atoms with Gasteiger partial charge in [-0.2, -0.15) is 0 Å². The molecular weight excluding hydrogens is 420 g/mol. The van der Waals surface area contributed by atoms with Crippen LogP contribution < -0.4 is 10.1 Å². The first kappa shape index (κ1) is 19.0. The van der Waals surface area contributed by atoms with Crippen molar-refractivity contribution < 1.29 is 14.3 Å². The van der Waals surface area contributed by atoms with E-state index in [0.29, 0.717) is 17.9 Å². The Labute approximate surface area is 173 Å². The lowest BCUT2D eigenvalue weighted by Gasteiger charge is -2.27. The Balaban J connectivity index is 1.67. The summed E-state index contributed by atoms with van der Waals surface area (Å²) >= 11 is 3.48. The second kappa shape index (κ2) is 7.95. The Morgan fingerprint density at radius 1 is 1.21 bits per heavy atom. The van der Waals surface area contributed by atoms with Crippen LogP contribution in [0.4, 0.5) is 0 Å². The van der Waals surface area contributed by atoms with Crippen molar-refractivity contribution in [3.63, 3.8) is 0 Å². The maximum absolute atomic E-state index is 13.2. The fraction of sp³-hybridized carbons (Fsp3) is 0.364. The standard InChI is InChI=1S/C22H23BrN2O3/c1-28-19-11-10-15(23)12-14(19)13-25-20(21(26)24-16-6-2-3-7-16)17-8-4-5-9-18(17)22(25)27/h4-5,8-12,16,20H,2-3,6-7,13H2,1H3,(H,24,26). The van der Waals surface area contributed by atoms with Crippen molar-refractivity contribution >= 4 is 27.7 Å². The van der Waals surface area contributed by atoms with Crippen LogP contribution in [0.3, 0.4) is 0 Å². The van der Waals surface area contributed by atoms with Crippen LogP contribution in [0.5, 0.6) is 5.75 Å². The van der Waals surface area contributed by atoms with Crippen LogP contribution in [-0.2, 0) is 11.3 Å². The summed E-state index contributed by atoms with van der Waals surface area (Å²) in [6, 6.07) is 12.7. The number of halogens is 1. The van der Waals surface area contributed by atoms with Gasteiger partial charge in [-0.1, -0.05) is 47.0 Å². The fourth-order valence-corrected chi connectivity index (χ4v) is 4.63. The highest BCUT2D eigenvalue weighted by Gasteiger charge is 2.41. The van der Waals surface area contributed by atoms with Gasteiger partial charge in [0, 0.05) is 21.6 Å². The summed E-state index contributed by atoms with van der Waals surface area (Å²) in [7, 11) is 1.61. The third-order valence-electron chi connectivity index (χ3n) is 5.59. The largest absolute Gasteiger partial charge is 0.496 e. The van der Waals surface area contributed by atoms with Gasteiger partial charge >= 0.3 is 0 Å². The number of rotatable bonds is 5. The summed E-state index contributed by atoms with van der Waals surface area (Å²) in [6.07, 6.45) is 4.30. The molecule has 146 valence electrons. The average Bonchev–Trinajstić information content (AvgIpc) is 3.29. The predicted octanol–water partition coefficient (Wildman–Crippen LogP) is 4.21. The lowest BCUT2D eigenvalue weighted by Crippen LogP contribution is -2.42. The number of carbonyl (C=O) groups excluding carboxylic acids is 2. The maximum Gasteiger partial charge on any atom is 0.255 e. The molecule has 1 heterocycles. The lowest BCUT2D eigenvalue weighted by atomic mass is 10.0. The Hall–Kier alpha value is -2.34. The molecule has 0 saturated heterocycles. The maximum atomic E-state index is 13.2. The number of nitrogens with zero attached hydrogens (tertiary/aromatic N) is 1. The third kappa shape index (κ3) is 3.53. The quantitative estimate of drug-likeness (QED) is 0.753. The van der Waals surface area contributed by atoms with E-state index in [9.17, 15) is 9.59 Å². The molecule has 2 amide bonds. The number of nitrogens with one attached hydrogen (secondary N) is 1. The zero-order valence-electron chi connectivity index (χ0n) is 15.8. The van der Waals surface area contributed by atoms with E-state index in [1.165, 1.54) is 0 Å². The van der Waals surface area contributed by atoms with Gasteiger partial charge in [0.25, 0.3) is 5.91 Å². The summed E-state index contributed by atoms with van der Waals surface area (Å²) in [5.74, 6) is 0.477. The summed E-state index contributed by atoms with van der Waals surface area (Å²) in [6.45, 7) is 0.304. The molecule has 1 fully saturated rings. The molecule has 1 N–H and O–H groups in total.